The zero-order chi connectivity index (χ0) is 14.9. The SMILES string of the molecule is [C-]#[N+]c1c(-c2ccc(C)cc2)cc(C(C)(C)C)nc1Br. The fourth-order valence-corrected chi connectivity index (χ4v) is 2.44. The van der Waals surface area contributed by atoms with Crippen molar-refractivity contribution >= 4 is 21.6 Å². The van der Waals surface area contributed by atoms with Gasteiger partial charge in [0.25, 0.3) is 0 Å². The molecule has 0 bridgehead atoms. The molecular weight excluding hydrogens is 312 g/mol. The molecule has 2 aromatic rings. The van der Waals surface area contributed by atoms with E-state index >= 15 is 0 Å². The Morgan fingerprint density at radius 1 is 1.15 bits per heavy atom. The molecule has 0 unspecified atom stereocenters. The van der Waals surface area contributed by atoms with Gasteiger partial charge in [-0.25, -0.2) is 4.85 Å². The number of hydrogen-bond acceptors (Lipinski definition) is 1. The van der Waals surface area contributed by atoms with Crippen molar-refractivity contribution in [1.29, 1.82) is 0 Å². The molecule has 1 heterocycles. The van der Waals surface area contributed by atoms with E-state index in [2.05, 4.69) is 77.7 Å². The van der Waals surface area contributed by atoms with Crippen LogP contribution in [0.1, 0.15) is 32.0 Å². The summed E-state index contributed by atoms with van der Waals surface area (Å²) in [5.74, 6) is 0. The van der Waals surface area contributed by atoms with Crippen molar-refractivity contribution < 1.29 is 0 Å². The Morgan fingerprint density at radius 3 is 2.25 bits per heavy atom. The van der Waals surface area contributed by atoms with Gasteiger partial charge >= 0.3 is 0 Å². The van der Waals surface area contributed by atoms with Gasteiger partial charge in [0.05, 0.1) is 6.57 Å². The highest BCUT2D eigenvalue weighted by Gasteiger charge is 2.20. The summed E-state index contributed by atoms with van der Waals surface area (Å²) in [5, 5.41) is 0. The zero-order valence-electron chi connectivity index (χ0n) is 12.2. The summed E-state index contributed by atoms with van der Waals surface area (Å²) in [6, 6.07) is 10.3. The van der Waals surface area contributed by atoms with E-state index in [1.165, 1.54) is 5.56 Å². The third kappa shape index (κ3) is 2.91. The van der Waals surface area contributed by atoms with Gasteiger partial charge in [-0.1, -0.05) is 50.6 Å². The molecule has 0 spiro atoms. The van der Waals surface area contributed by atoms with Crippen LogP contribution >= 0.6 is 15.9 Å². The normalized spacial score (nSPS) is 11.2. The van der Waals surface area contributed by atoms with Crippen LogP contribution < -0.4 is 0 Å². The fraction of sp³-hybridized carbons (Fsp3) is 0.294. The van der Waals surface area contributed by atoms with Crippen molar-refractivity contribution in [2.45, 2.75) is 33.1 Å². The van der Waals surface area contributed by atoms with E-state index in [1.54, 1.807) is 0 Å². The van der Waals surface area contributed by atoms with Crippen LogP contribution in [0.15, 0.2) is 34.9 Å². The largest absolute Gasteiger partial charge is 0.257 e. The van der Waals surface area contributed by atoms with Crippen molar-refractivity contribution in [1.82, 2.24) is 4.98 Å². The van der Waals surface area contributed by atoms with E-state index in [0.29, 0.717) is 10.3 Å². The van der Waals surface area contributed by atoms with Gasteiger partial charge < -0.3 is 0 Å². The first-order valence-corrected chi connectivity index (χ1v) is 7.28. The maximum atomic E-state index is 7.40. The maximum absolute atomic E-state index is 7.40. The zero-order valence-corrected chi connectivity index (χ0v) is 13.7. The average Bonchev–Trinajstić information content (AvgIpc) is 2.37. The van der Waals surface area contributed by atoms with Crippen LogP contribution in [-0.4, -0.2) is 4.98 Å². The van der Waals surface area contributed by atoms with Crippen LogP contribution in [0.3, 0.4) is 0 Å². The van der Waals surface area contributed by atoms with Gasteiger partial charge in [-0.05, 0) is 40.0 Å². The molecule has 2 nitrogen and oxygen atoms in total. The Morgan fingerprint density at radius 2 is 1.75 bits per heavy atom. The third-order valence-electron chi connectivity index (χ3n) is 3.19. The van der Waals surface area contributed by atoms with Gasteiger partial charge in [0, 0.05) is 11.1 Å². The first-order chi connectivity index (χ1) is 9.32. The van der Waals surface area contributed by atoms with Crippen LogP contribution in [0.5, 0.6) is 0 Å². The van der Waals surface area contributed by atoms with E-state index in [-0.39, 0.29) is 5.41 Å². The number of halogens is 1. The number of rotatable bonds is 1. The molecule has 1 aromatic heterocycles. The molecule has 3 heteroatoms. The van der Waals surface area contributed by atoms with Gasteiger partial charge in [0.15, 0.2) is 0 Å². The summed E-state index contributed by atoms with van der Waals surface area (Å²) in [5.41, 5.74) is 4.70. The molecule has 0 amide bonds. The molecule has 0 saturated heterocycles. The van der Waals surface area contributed by atoms with Gasteiger partial charge in [0.1, 0.15) is 4.60 Å². The van der Waals surface area contributed by atoms with Crippen LogP contribution in [-0.2, 0) is 5.41 Å². The molecule has 0 aliphatic carbocycles. The van der Waals surface area contributed by atoms with Gasteiger partial charge in [-0.2, -0.15) is 0 Å². The maximum Gasteiger partial charge on any atom is 0.226 e. The Bertz CT molecular complexity index is 674. The minimum atomic E-state index is -0.0531. The number of aromatic nitrogens is 1. The third-order valence-corrected chi connectivity index (χ3v) is 3.75. The van der Waals surface area contributed by atoms with Crippen LogP contribution in [0.25, 0.3) is 16.0 Å². The quantitative estimate of drug-likeness (QED) is 0.487. The molecule has 0 saturated carbocycles. The van der Waals surface area contributed by atoms with E-state index in [0.717, 1.165) is 16.8 Å². The lowest BCUT2D eigenvalue weighted by molar-refractivity contribution is 0.568. The second-order valence-electron chi connectivity index (χ2n) is 5.92. The van der Waals surface area contributed by atoms with Crippen LogP contribution in [0.4, 0.5) is 5.69 Å². The summed E-state index contributed by atoms with van der Waals surface area (Å²) in [7, 11) is 0. The molecule has 0 aliphatic heterocycles. The summed E-state index contributed by atoms with van der Waals surface area (Å²) in [4.78, 5) is 8.15. The van der Waals surface area contributed by atoms with E-state index in [1.807, 2.05) is 6.07 Å². The summed E-state index contributed by atoms with van der Waals surface area (Å²) >= 11 is 3.44. The Hall–Kier alpha value is -1.66. The van der Waals surface area contributed by atoms with Gasteiger partial charge in [0.2, 0.25) is 5.69 Å². The predicted molar refractivity (Wildman–Crippen MR) is 87.1 cm³/mol. The number of pyridine rings is 1. The summed E-state index contributed by atoms with van der Waals surface area (Å²) in [6.45, 7) is 15.8. The minimum Gasteiger partial charge on any atom is -0.257 e. The fourth-order valence-electron chi connectivity index (χ4n) is 1.95. The smallest absolute Gasteiger partial charge is 0.226 e. The predicted octanol–water partition coefficient (Wildman–Crippen LogP) is 5.67. The second kappa shape index (κ2) is 5.38. The highest BCUT2D eigenvalue weighted by molar-refractivity contribution is 9.10. The van der Waals surface area contributed by atoms with Gasteiger partial charge in [-0.15, -0.1) is 0 Å². The number of benzene rings is 1. The van der Waals surface area contributed by atoms with Crippen molar-refractivity contribution in [2.75, 3.05) is 0 Å². The second-order valence-corrected chi connectivity index (χ2v) is 6.67. The minimum absolute atomic E-state index is 0.0531. The summed E-state index contributed by atoms with van der Waals surface area (Å²) < 4.78 is 0.621. The van der Waals surface area contributed by atoms with Crippen LogP contribution in [0.2, 0.25) is 0 Å². The monoisotopic (exact) mass is 328 g/mol. The lowest BCUT2D eigenvalue weighted by Gasteiger charge is -2.20. The standard InChI is InChI=1S/C17H17BrN2/c1-11-6-8-12(9-7-11)13-10-14(17(2,3)4)20-16(18)15(13)19-5/h6-10H,1-4H3. The molecule has 20 heavy (non-hydrogen) atoms. The summed E-state index contributed by atoms with van der Waals surface area (Å²) in [6.07, 6.45) is 0. The molecule has 1 aromatic carbocycles. The van der Waals surface area contributed by atoms with Crippen LogP contribution in [0, 0.1) is 13.5 Å². The van der Waals surface area contributed by atoms with Crippen molar-refractivity contribution in [3.63, 3.8) is 0 Å². The van der Waals surface area contributed by atoms with Crippen molar-refractivity contribution in [3.8, 4) is 11.1 Å². The molecule has 102 valence electrons. The van der Waals surface area contributed by atoms with E-state index in [9.17, 15) is 0 Å². The van der Waals surface area contributed by atoms with E-state index < -0.39 is 0 Å². The van der Waals surface area contributed by atoms with E-state index in [4.69, 9.17) is 6.57 Å². The molecule has 0 fully saturated rings. The molecule has 0 atom stereocenters. The first kappa shape index (κ1) is 14.7. The average molecular weight is 329 g/mol. The van der Waals surface area contributed by atoms with Gasteiger partial charge in [-0.3, -0.25) is 4.98 Å². The lowest BCUT2D eigenvalue weighted by atomic mass is 9.89. The molecular formula is C17H17BrN2. The number of nitrogens with zero attached hydrogens (tertiary/aromatic N) is 2. The lowest BCUT2D eigenvalue weighted by Crippen LogP contribution is -2.13. The van der Waals surface area contributed by atoms with Crippen molar-refractivity contribution in [3.05, 3.63) is 57.6 Å². The first-order valence-electron chi connectivity index (χ1n) is 6.48. The Labute approximate surface area is 128 Å². The highest BCUT2D eigenvalue weighted by Crippen LogP contribution is 2.38. The Balaban J connectivity index is 2.70. The molecule has 0 aliphatic rings. The number of aryl methyl sites for hydroxylation is 1. The molecule has 0 N–H and O–H groups in total. The Kier molecular flexibility index (Phi) is 3.96. The highest BCUT2D eigenvalue weighted by atomic mass is 79.9. The van der Waals surface area contributed by atoms with Crippen molar-refractivity contribution in [2.24, 2.45) is 0 Å². The topological polar surface area (TPSA) is 17.2 Å². The number of hydrogen-bond donors (Lipinski definition) is 0. The molecule has 2 rings (SSSR count). The molecule has 0 radical (unpaired) electrons.